The van der Waals surface area contributed by atoms with Crippen LogP contribution in [0.5, 0.6) is 0 Å². The second kappa shape index (κ2) is 13.7. The molecule has 0 saturated carbocycles. The molecule has 19 heavy (non-hydrogen) atoms. The lowest BCUT2D eigenvalue weighted by Gasteiger charge is -2.08. The SMILES string of the molecule is CCCCCCCCCCCC(CN=C=S)C(=O)O. The summed E-state index contributed by atoms with van der Waals surface area (Å²) in [7, 11) is 0. The summed E-state index contributed by atoms with van der Waals surface area (Å²) < 4.78 is 0. The molecule has 0 spiro atoms. The van der Waals surface area contributed by atoms with Crippen LogP contribution < -0.4 is 0 Å². The highest BCUT2D eigenvalue weighted by Gasteiger charge is 2.15. The summed E-state index contributed by atoms with van der Waals surface area (Å²) in [5.41, 5.74) is 0. The Morgan fingerprint density at radius 2 is 1.63 bits per heavy atom. The molecule has 1 N–H and O–H groups in total. The first-order chi connectivity index (χ1) is 9.22. The fourth-order valence-electron chi connectivity index (χ4n) is 2.14. The summed E-state index contributed by atoms with van der Waals surface area (Å²) in [4.78, 5) is 14.7. The number of hydrogen-bond acceptors (Lipinski definition) is 3. The number of nitrogens with zero attached hydrogens (tertiary/aromatic N) is 1. The largest absolute Gasteiger partial charge is 0.481 e. The molecule has 0 saturated heterocycles. The van der Waals surface area contributed by atoms with E-state index in [2.05, 4.69) is 29.3 Å². The summed E-state index contributed by atoms with van der Waals surface area (Å²) in [5.74, 6) is -1.16. The van der Waals surface area contributed by atoms with Crippen LogP contribution >= 0.6 is 12.2 Å². The first kappa shape index (κ1) is 18.3. The zero-order chi connectivity index (χ0) is 14.3. The highest BCUT2D eigenvalue weighted by molar-refractivity contribution is 7.78. The van der Waals surface area contributed by atoms with Crippen LogP contribution in [0, 0.1) is 5.92 Å². The minimum atomic E-state index is -0.770. The molecule has 0 heterocycles. The highest BCUT2D eigenvalue weighted by Crippen LogP contribution is 2.14. The molecule has 0 bridgehead atoms. The van der Waals surface area contributed by atoms with Crippen molar-refractivity contribution in [2.75, 3.05) is 6.54 Å². The molecule has 1 atom stereocenters. The van der Waals surface area contributed by atoms with Crippen molar-refractivity contribution in [3.63, 3.8) is 0 Å². The van der Waals surface area contributed by atoms with Gasteiger partial charge in [0.25, 0.3) is 0 Å². The van der Waals surface area contributed by atoms with Crippen molar-refractivity contribution in [1.29, 1.82) is 0 Å². The van der Waals surface area contributed by atoms with Crippen LogP contribution in [0.25, 0.3) is 0 Å². The van der Waals surface area contributed by atoms with E-state index in [1.165, 1.54) is 44.9 Å². The van der Waals surface area contributed by atoms with Gasteiger partial charge in [-0.3, -0.25) is 4.79 Å². The van der Waals surface area contributed by atoms with Gasteiger partial charge in [0.15, 0.2) is 0 Å². The van der Waals surface area contributed by atoms with E-state index >= 15 is 0 Å². The van der Waals surface area contributed by atoms with Gasteiger partial charge in [-0.2, -0.15) is 0 Å². The smallest absolute Gasteiger partial charge is 0.308 e. The van der Waals surface area contributed by atoms with Gasteiger partial charge in [0.1, 0.15) is 0 Å². The van der Waals surface area contributed by atoms with Gasteiger partial charge >= 0.3 is 5.97 Å². The number of carboxylic acids is 1. The van der Waals surface area contributed by atoms with Crippen molar-refractivity contribution in [3.8, 4) is 0 Å². The summed E-state index contributed by atoms with van der Waals surface area (Å²) in [6, 6.07) is 0. The molecule has 110 valence electrons. The van der Waals surface area contributed by atoms with Gasteiger partial charge in [0.2, 0.25) is 0 Å². The van der Waals surface area contributed by atoms with Gasteiger partial charge in [0.05, 0.1) is 17.6 Å². The zero-order valence-electron chi connectivity index (χ0n) is 12.1. The molecule has 0 aliphatic carbocycles. The molecule has 4 heteroatoms. The third kappa shape index (κ3) is 12.1. The molecular weight excluding hydrogens is 258 g/mol. The third-order valence-electron chi connectivity index (χ3n) is 3.38. The number of carboxylic acid groups (broad SMARTS) is 1. The van der Waals surface area contributed by atoms with Gasteiger partial charge in [-0.25, -0.2) is 4.99 Å². The second-order valence-electron chi connectivity index (χ2n) is 5.08. The lowest BCUT2D eigenvalue weighted by atomic mass is 10.00. The molecule has 0 radical (unpaired) electrons. The Bertz CT molecular complexity index is 275. The standard InChI is InChI=1S/C15H27NO2S/c1-2-3-4-5-6-7-8-9-10-11-14(15(17)18)12-16-13-19/h14H,2-12H2,1H3,(H,17,18). The van der Waals surface area contributed by atoms with Crippen LogP contribution in [0.2, 0.25) is 0 Å². The molecule has 0 aliphatic rings. The quantitative estimate of drug-likeness (QED) is 0.303. The second-order valence-corrected chi connectivity index (χ2v) is 5.27. The van der Waals surface area contributed by atoms with Crippen molar-refractivity contribution in [2.24, 2.45) is 10.9 Å². The summed E-state index contributed by atoms with van der Waals surface area (Å²) in [5, 5.41) is 11.2. The number of aliphatic carboxylic acids is 1. The monoisotopic (exact) mass is 285 g/mol. The molecule has 1 unspecified atom stereocenters. The topological polar surface area (TPSA) is 49.7 Å². The van der Waals surface area contributed by atoms with Crippen LogP contribution in [0.3, 0.4) is 0 Å². The van der Waals surface area contributed by atoms with Crippen molar-refractivity contribution in [3.05, 3.63) is 0 Å². The Balaban J connectivity index is 3.44. The van der Waals surface area contributed by atoms with E-state index in [0.717, 1.165) is 12.8 Å². The van der Waals surface area contributed by atoms with Crippen LogP contribution in [0.4, 0.5) is 0 Å². The minimum Gasteiger partial charge on any atom is -0.481 e. The first-order valence-electron chi connectivity index (χ1n) is 7.48. The molecule has 0 aromatic rings. The molecule has 0 amide bonds. The van der Waals surface area contributed by atoms with Crippen molar-refractivity contribution < 1.29 is 9.90 Å². The summed E-state index contributed by atoms with van der Waals surface area (Å²) >= 11 is 4.46. The number of rotatable bonds is 13. The number of hydrogen-bond donors (Lipinski definition) is 1. The molecule has 0 fully saturated rings. The number of unbranched alkanes of at least 4 members (excludes halogenated alkanes) is 8. The van der Waals surface area contributed by atoms with Gasteiger partial charge in [-0.1, -0.05) is 64.7 Å². The van der Waals surface area contributed by atoms with Crippen molar-refractivity contribution in [2.45, 2.75) is 71.1 Å². The van der Waals surface area contributed by atoms with E-state index in [1.54, 1.807) is 0 Å². The Morgan fingerprint density at radius 3 is 2.11 bits per heavy atom. The van der Waals surface area contributed by atoms with E-state index < -0.39 is 5.97 Å². The minimum absolute atomic E-state index is 0.274. The predicted octanol–water partition coefficient (Wildman–Crippen LogP) is 4.71. The normalized spacial score (nSPS) is 11.8. The van der Waals surface area contributed by atoms with Gasteiger partial charge in [-0.15, -0.1) is 0 Å². The van der Waals surface area contributed by atoms with Gasteiger partial charge in [0, 0.05) is 0 Å². The summed E-state index contributed by atoms with van der Waals surface area (Å²) in [6.07, 6.45) is 11.9. The Hall–Kier alpha value is -0.730. The van der Waals surface area contributed by atoms with Crippen LogP contribution in [0.15, 0.2) is 4.99 Å². The average Bonchev–Trinajstić information content (AvgIpc) is 2.39. The van der Waals surface area contributed by atoms with Gasteiger partial charge < -0.3 is 5.11 Å². The lowest BCUT2D eigenvalue weighted by Crippen LogP contribution is -2.16. The number of isothiocyanates is 1. The average molecular weight is 285 g/mol. The highest BCUT2D eigenvalue weighted by atomic mass is 32.1. The number of aliphatic imine (C=N–C) groups is 1. The molecular formula is C15H27NO2S. The fourth-order valence-corrected chi connectivity index (χ4v) is 2.22. The maximum atomic E-state index is 11.0. The Labute approximate surface area is 122 Å². The molecule has 0 aromatic heterocycles. The van der Waals surface area contributed by atoms with E-state index in [9.17, 15) is 4.79 Å². The Morgan fingerprint density at radius 1 is 1.11 bits per heavy atom. The number of thiocarbonyl (C=S) groups is 1. The van der Waals surface area contributed by atoms with Crippen LogP contribution in [-0.4, -0.2) is 22.8 Å². The third-order valence-corrected chi connectivity index (χ3v) is 3.51. The molecule has 3 nitrogen and oxygen atoms in total. The van der Waals surface area contributed by atoms with Crippen molar-refractivity contribution >= 4 is 23.3 Å². The van der Waals surface area contributed by atoms with E-state index in [-0.39, 0.29) is 12.5 Å². The zero-order valence-corrected chi connectivity index (χ0v) is 12.9. The predicted molar refractivity (Wildman–Crippen MR) is 82.9 cm³/mol. The van der Waals surface area contributed by atoms with Crippen LogP contribution in [-0.2, 0) is 4.79 Å². The maximum absolute atomic E-state index is 11.0. The van der Waals surface area contributed by atoms with E-state index in [1.807, 2.05) is 0 Å². The molecule has 0 aromatic carbocycles. The van der Waals surface area contributed by atoms with Crippen molar-refractivity contribution in [1.82, 2.24) is 0 Å². The van der Waals surface area contributed by atoms with E-state index in [0.29, 0.717) is 6.42 Å². The molecule has 0 aliphatic heterocycles. The fraction of sp³-hybridized carbons (Fsp3) is 0.867. The summed E-state index contributed by atoms with van der Waals surface area (Å²) in [6.45, 7) is 2.50. The lowest BCUT2D eigenvalue weighted by molar-refractivity contribution is -0.141. The van der Waals surface area contributed by atoms with Crippen LogP contribution in [0.1, 0.15) is 71.1 Å². The van der Waals surface area contributed by atoms with E-state index in [4.69, 9.17) is 5.11 Å². The number of carbonyl (C=O) groups is 1. The first-order valence-corrected chi connectivity index (χ1v) is 7.89. The maximum Gasteiger partial charge on any atom is 0.308 e. The molecule has 0 rings (SSSR count). The Kier molecular flexibility index (Phi) is 13.2. The van der Waals surface area contributed by atoms with Gasteiger partial charge in [-0.05, 0) is 18.6 Å².